The molecule has 0 saturated carbocycles. The highest BCUT2D eigenvalue weighted by molar-refractivity contribution is 5.59. The summed E-state index contributed by atoms with van der Waals surface area (Å²) in [5.74, 6) is 0.536. The maximum atomic E-state index is 6.61. The minimum atomic E-state index is 0.0717. The van der Waals surface area contributed by atoms with Crippen LogP contribution in [0.1, 0.15) is 0 Å². The lowest BCUT2D eigenvalue weighted by Crippen LogP contribution is -2.04. The Morgan fingerprint density at radius 2 is 1.59 bits per heavy atom. The van der Waals surface area contributed by atoms with E-state index in [-0.39, 0.29) is 11.9 Å². The molecule has 8 heteroatoms. The second-order valence-corrected chi connectivity index (χ2v) is 3.12. The fourth-order valence-electron chi connectivity index (χ4n) is 1.27. The summed E-state index contributed by atoms with van der Waals surface area (Å²) >= 11 is 0. The number of aromatic nitrogens is 3. The van der Waals surface area contributed by atoms with E-state index in [0.717, 1.165) is 5.56 Å². The molecule has 0 spiro atoms. The smallest absolute Gasteiger partial charge is 0.225 e. The number of nitrogens with zero attached hydrogens (tertiary/aromatic N) is 5. The molecular weight excluding hydrogens is 220 g/mol. The summed E-state index contributed by atoms with van der Waals surface area (Å²) in [6.45, 7) is 0. The Labute approximate surface area is 96.0 Å². The molecule has 1 aromatic carbocycles. The third-order valence-corrected chi connectivity index (χ3v) is 1.96. The van der Waals surface area contributed by atoms with Crippen molar-refractivity contribution in [1.82, 2.24) is 19.9 Å². The van der Waals surface area contributed by atoms with Gasteiger partial charge < -0.3 is 11.5 Å². The monoisotopic (exact) mass is 229 g/mol. The van der Waals surface area contributed by atoms with Gasteiger partial charge >= 0.3 is 0 Å². The predicted octanol–water partition coefficient (Wildman–Crippen LogP) is 0.885. The molecule has 0 atom stereocenters. The second kappa shape index (κ2) is 4.33. The molecule has 0 aliphatic carbocycles. The van der Waals surface area contributed by atoms with E-state index >= 15 is 0 Å². The number of hydrogen-bond acceptors (Lipinski definition) is 7. The van der Waals surface area contributed by atoms with E-state index in [2.05, 4.69) is 25.0 Å². The number of nitrogen functional groups attached to an aromatic ring is 2. The summed E-state index contributed by atoms with van der Waals surface area (Å²) in [6.07, 6.45) is 0. The zero-order valence-electron chi connectivity index (χ0n) is 8.70. The van der Waals surface area contributed by atoms with E-state index in [9.17, 15) is 0 Å². The molecule has 84 valence electrons. The van der Waals surface area contributed by atoms with Crippen LogP contribution in [-0.4, -0.2) is 15.0 Å². The molecule has 2 aromatic rings. The number of benzene rings is 1. The van der Waals surface area contributed by atoms with Crippen LogP contribution in [0.5, 0.6) is 0 Å². The van der Waals surface area contributed by atoms with Gasteiger partial charge in [0.15, 0.2) is 16.6 Å². The van der Waals surface area contributed by atoms with Gasteiger partial charge in [0, 0.05) is 5.56 Å². The third kappa shape index (κ3) is 2.39. The predicted molar refractivity (Wildman–Crippen MR) is 61.0 cm³/mol. The maximum absolute atomic E-state index is 6.61. The lowest BCUT2D eigenvalue weighted by Gasteiger charge is -2.01. The van der Waals surface area contributed by atoms with E-state index in [1.54, 1.807) is 24.3 Å². The second-order valence-electron chi connectivity index (χ2n) is 3.12. The van der Waals surface area contributed by atoms with E-state index in [1.807, 2.05) is 0 Å². The summed E-state index contributed by atoms with van der Waals surface area (Å²) < 4.78 is 0. The molecule has 0 aliphatic rings. The number of rotatable bonds is 2. The molecule has 0 fully saturated rings. The largest absolute Gasteiger partial charge is 0.368 e. The maximum Gasteiger partial charge on any atom is 0.225 e. The Morgan fingerprint density at radius 3 is 2.12 bits per heavy atom. The summed E-state index contributed by atoms with van der Waals surface area (Å²) in [6, 6.07) is 6.84. The van der Waals surface area contributed by atoms with Crippen molar-refractivity contribution in [2.75, 3.05) is 11.5 Å². The average molecular weight is 229 g/mol. The topological polar surface area (TPSA) is 141 Å². The standard InChI is InChI=1S/C9H9N8/c10-8-13-7(14-9(11)15-8)5-1-3-6(4-2-5)16-17-12/h1-4,12H,(H4,10,11,13,14,15)/q+1. The molecule has 0 aliphatic heterocycles. The molecule has 1 aromatic heterocycles. The molecule has 2 rings (SSSR count). The van der Waals surface area contributed by atoms with Gasteiger partial charge in [0.05, 0.1) is 0 Å². The van der Waals surface area contributed by atoms with E-state index in [0.29, 0.717) is 11.5 Å². The Morgan fingerprint density at radius 1 is 1.00 bits per heavy atom. The highest BCUT2D eigenvalue weighted by Crippen LogP contribution is 2.19. The molecule has 8 nitrogen and oxygen atoms in total. The molecule has 0 bridgehead atoms. The number of hydrogen-bond donors (Lipinski definition) is 3. The van der Waals surface area contributed by atoms with Gasteiger partial charge in [-0.25, -0.2) is 0 Å². The van der Waals surface area contributed by atoms with E-state index in [4.69, 9.17) is 17.0 Å². The van der Waals surface area contributed by atoms with Crippen molar-refractivity contribution in [3.05, 3.63) is 24.3 Å². The van der Waals surface area contributed by atoms with Gasteiger partial charge in [-0.1, -0.05) is 0 Å². The first kappa shape index (κ1) is 10.7. The van der Waals surface area contributed by atoms with Crippen LogP contribution in [0.15, 0.2) is 29.4 Å². The summed E-state index contributed by atoms with van der Waals surface area (Å²) in [5.41, 5.74) is 18.9. The van der Waals surface area contributed by atoms with Crippen molar-refractivity contribution in [3.63, 3.8) is 0 Å². The lowest BCUT2D eigenvalue weighted by atomic mass is 10.2. The van der Waals surface area contributed by atoms with Crippen LogP contribution in [-0.2, 0) is 0 Å². The fourth-order valence-corrected chi connectivity index (χ4v) is 1.27. The molecule has 0 unspecified atom stereocenters. The van der Waals surface area contributed by atoms with Crippen LogP contribution in [0.2, 0.25) is 0 Å². The minimum Gasteiger partial charge on any atom is -0.368 e. The van der Waals surface area contributed by atoms with Crippen molar-refractivity contribution < 1.29 is 0 Å². The van der Waals surface area contributed by atoms with Crippen molar-refractivity contribution in [2.24, 2.45) is 5.11 Å². The minimum absolute atomic E-state index is 0.0717. The van der Waals surface area contributed by atoms with Crippen LogP contribution in [0, 0.1) is 5.53 Å². The highest BCUT2D eigenvalue weighted by atomic mass is 15.1. The van der Waals surface area contributed by atoms with Crippen LogP contribution < -0.4 is 16.4 Å². The molecule has 5 N–H and O–H groups in total. The van der Waals surface area contributed by atoms with Gasteiger partial charge in [-0.05, 0) is 24.3 Å². The molecule has 0 saturated heterocycles. The first-order valence-electron chi connectivity index (χ1n) is 4.64. The van der Waals surface area contributed by atoms with E-state index < -0.39 is 0 Å². The Kier molecular flexibility index (Phi) is 2.71. The first-order chi connectivity index (χ1) is 8.19. The van der Waals surface area contributed by atoms with Crippen molar-refractivity contribution in [3.8, 4) is 11.4 Å². The van der Waals surface area contributed by atoms with Crippen LogP contribution in [0.25, 0.3) is 11.4 Å². The first-order valence-corrected chi connectivity index (χ1v) is 4.64. The summed E-state index contributed by atoms with van der Waals surface area (Å²) in [7, 11) is 0. The fraction of sp³-hybridized carbons (Fsp3) is 0. The van der Waals surface area contributed by atoms with Gasteiger partial charge in [-0.2, -0.15) is 15.0 Å². The van der Waals surface area contributed by atoms with Crippen molar-refractivity contribution in [1.29, 1.82) is 5.53 Å². The number of nitrogens with two attached hydrogens (primary N) is 2. The van der Waals surface area contributed by atoms with E-state index in [1.165, 1.54) is 0 Å². The number of anilines is 2. The van der Waals surface area contributed by atoms with Crippen LogP contribution in [0.3, 0.4) is 0 Å². The molecule has 17 heavy (non-hydrogen) atoms. The highest BCUT2D eigenvalue weighted by Gasteiger charge is 2.05. The quantitative estimate of drug-likeness (QED) is 0.517. The Hall–Kier alpha value is -2.86. The third-order valence-electron chi connectivity index (χ3n) is 1.96. The molecule has 0 amide bonds. The van der Waals surface area contributed by atoms with Gasteiger partial charge in [-0.3, -0.25) is 0 Å². The summed E-state index contributed by atoms with van der Waals surface area (Å²) in [5, 5.41) is 3.57. The normalized spacial score (nSPS) is 9.65. The Balaban J connectivity index is 2.42. The van der Waals surface area contributed by atoms with Crippen LogP contribution >= 0.6 is 0 Å². The van der Waals surface area contributed by atoms with Gasteiger partial charge in [0.1, 0.15) is 5.53 Å². The van der Waals surface area contributed by atoms with Gasteiger partial charge in [-0.15, -0.1) is 0 Å². The van der Waals surface area contributed by atoms with Crippen molar-refractivity contribution >= 4 is 17.6 Å². The Bertz CT molecular complexity index is 564. The zero-order valence-corrected chi connectivity index (χ0v) is 8.70. The summed E-state index contributed by atoms with van der Waals surface area (Å²) in [4.78, 5) is 14.5. The SMILES string of the molecule is N=[N+]=Nc1ccc(-c2nc(N)nc(N)n2)cc1. The molecular formula is C9H9N8+. The molecule has 1 heterocycles. The average Bonchev–Trinajstić information content (AvgIpc) is 2.29. The lowest BCUT2D eigenvalue weighted by molar-refractivity contribution is 0.992. The number of nitrogens with one attached hydrogen (secondary N) is 1. The van der Waals surface area contributed by atoms with Crippen LogP contribution in [0.4, 0.5) is 17.6 Å². The molecule has 0 radical (unpaired) electrons. The van der Waals surface area contributed by atoms with Crippen molar-refractivity contribution in [2.45, 2.75) is 0 Å². The van der Waals surface area contributed by atoms with Gasteiger partial charge in [0.2, 0.25) is 16.8 Å². The zero-order chi connectivity index (χ0) is 12.3. The van der Waals surface area contributed by atoms with Gasteiger partial charge in [0.25, 0.3) is 0 Å².